The van der Waals surface area contributed by atoms with Crippen molar-refractivity contribution in [2.24, 2.45) is 0 Å². The Morgan fingerprint density at radius 1 is 1.00 bits per heavy atom. The molecule has 2 unspecified atom stereocenters. The van der Waals surface area contributed by atoms with E-state index in [9.17, 15) is 33.9 Å². The first-order valence-electron chi connectivity index (χ1n) is 12.3. The number of aromatic nitrogens is 6. The summed E-state index contributed by atoms with van der Waals surface area (Å²) in [5, 5.41) is 23.8. The Morgan fingerprint density at radius 2 is 1.69 bits per heavy atom. The van der Waals surface area contributed by atoms with Gasteiger partial charge in [0, 0.05) is 30.7 Å². The maximum atomic E-state index is 13.1. The number of imidazole rings is 1. The summed E-state index contributed by atoms with van der Waals surface area (Å²) in [4.78, 5) is 48.5. The van der Waals surface area contributed by atoms with Crippen LogP contribution in [0.4, 0.5) is 5.95 Å². The Hall–Kier alpha value is -2.64. The molecule has 0 saturated carbocycles. The number of anilines is 1. The van der Waals surface area contributed by atoms with E-state index in [1.807, 2.05) is 0 Å². The molecule has 0 aliphatic carbocycles. The van der Waals surface area contributed by atoms with E-state index in [2.05, 4.69) is 19.9 Å². The summed E-state index contributed by atoms with van der Waals surface area (Å²) in [6.07, 6.45) is -4.15. The standard InChI is InChI=1S/C20H25N7O12P2S/c1-8-4-26(20(30)25-17(8)28)13-3-10-12(37-13)6-42-41(33,34)39-9-2-14(36-11(9)5-35-40(31,32)38-10)27-7-22-15-16(27)23-19(21)24-18(15)29/h4,7,9-14H,2-3,5-6H2,1H3,(H,31,32)(H,33,34)(H,25,28,30)(H3,21,23,24,29)/p-2/t9-,10-,11+,12+,13+,14+/m0/s1. The van der Waals surface area contributed by atoms with Crippen molar-refractivity contribution in [2.45, 2.75) is 56.6 Å². The van der Waals surface area contributed by atoms with Gasteiger partial charge < -0.3 is 35.2 Å². The normalized spacial score (nSPS) is 35.8. The maximum absolute atomic E-state index is 13.1. The fraction of sp³-hybridized carbons (Fsp3) is 0.550. The molecule has 8 atom stereocenters. The molecule has 0 bridgehead atoms. The van der Waals surface area contributed by atoms with E-state index in [0.717, 1.165) is 4.57 Å². The lowest BCUT2D eigenvalue weighted by atomic mass is 10.2. The number of nitrogens with two attached hydrogens (primary N) is 1. The first-order chi connectivity index (χ1) is 19.8. The van der Waals surface area contributed by atoms with Crippen LogP contribution < -0.4 is 21.6 Å². The second kappa shape index (κ2) is 10.8. The van der Waals surface area contributed by atoms with Gasteiger partial charge >= 0.3 is 20.3 Å². The minimum Gasteiger partial charge on any atom is -0.858 e. The zero-order valence-electron chi connectivity index (χ0n) is 21.5. The molecule has 3 aromatic rings. The molecular weight excluding hydrogens is 624 g/mol. The van der Waals surface area contributed by atoms with E-state index >= 15 is 0 Å². The Bertz CT molecular complexity index is 1690. The van der Waals surface area contributed by atoms with Crippen molar-refractivity contribution in [3.63, 3.8) is 0 Å². The van der Waals surface area contributed by atoms with Gasteiger partial charge in [0.25, 0.3) is 0 Å². The fourth-order valence-electron chi connectivity index (χ4n) is 4.88. The van der Waals surface area contributed by atoms with Crippen LogP contribution in [0.15, 0.2) is 17.3 Å². The summed E-state index contributed by atoms with van der Waals surface area (Å²) >= 11 is 0.496. The molecule has 3 fully saturated rings. The van der Waals surface area contributed by atoms with E-state index in [-0.39, 0.29) is 41.3 Å². The number of fused-ring (bicyclic) bond motifs is 3. The van der Waals surface area contributed by atoms with Gasteiger partial charge in [-0.15, -0.1) is 0 Å². The summed E-state index contributed by atoms with van der Waals surface area (Å²) in [7, 11) is -4.78. The molecule has 22 heteroatoms. The average molecular weight is 647 g/mol. The lowest BCUT2D eigenvalue weighted by Crippen LogP contribution is -2.31. The van der Waals surface area contributed by atoms with Crippen molar-refractivity contribution in [1.82, 2.24) is 29.1 Å². The molecule has 3 aliphatic rings. The molecule has 0 radical (unpaired) electrons. The molecule has 4 N–H and O–H groups in total. The van der Waals surface area contributed by atoms with Gasteiger partial charge in [-0.05, 0) is 29.7 Å². The first-order valence-corrected chi connectivity index (χ1v) is 17.0. The predicted octanol–water partition coefficient (Wildman–Crippen LogP) is -0.569. The van der Waals surface area contributed by atoms with Gasteiger partial charge in [0.05, 0.1) is 19.0 Å². The topological polar surface area (TPSA) is 271 Å². The third-order valence-corrected chi connectivity index (χ3v) is 10.9. The Kier molecular flexibility index (Phi) is 7.58. The SMILES string of the molecule is Cc1cn([C@H]2C[C@@H]3OP(=O)(O)OC[C@H]4O[C@@H](n5cnc6c([O-])nc(N)nc65)C[C@@H]4OP(=O)(O)SC[C@H]3O2)c(=O)nc1[O-]. The summed E-state index contributed by atoms with van der Waals surface area (Å²) in [6, 6.07) is 0. The van der Waals surface area contributed by atoms with Gasteiger partial charge in [0.1, 0.15) is 36.3 Å². The lowest BCUT2D eigenvalue weighted by molar-refractivity contribution is -0.276. The van der Waals surface area contributed by atoms with Crippen molar-refractivity contribution >= 4 is 43.1 Å². The van der Waals surface area contributed by atoms with Crippen LogP contribution in [0.5, 0.6) is 11.8 Å². The van der Waals surface area contributed by atoms with Gasteiger partial charge in [-0.3, -0.25) is 22.7 Å². The van der Waals surface area contributed by atoms with E-state index in [0.29, 0.717) is 11.4 Å². The Balaban J connectivity index is 1.24. The van der Waals surface area contributed by atoms with Crippen LogP contribution in [0.3, 0.4) is 0 Å². The van der Waals surface area contributed by atoms with Crippen molar-refractivity contribution in [3.8, 4) is 11.8 Å². The van der Waals surface area contributed by atoms with Crippen molar-refractivity contribution < 1.29 is 52.2 Å². The summed E-state index contributed by atoms with van der Waals surface area (Å²) < 4.78 is 56.4. The molecular formula is C20H23N7O12P2S-2. The zero-order valence-corrected chi connectivity index (χ0v) is 24.1. The van der Waals surface area contributed by atoms with E-state index in [1.165, 1.54) is 24.0 Å². The highest BCUT2D eigenvalue weighted by molar-refractivity contribution is 8.54. The molecule has 0 spiro atoms. The molecule has 0 aromatic carbocycles. The zero-order chi connectivity index (χ0) is 30.0. The van der Waals surface area contributed by atoms with Gasteiger partial charge in [0.2, 0.25) is 5.95 Å². The third-order valence-electron chi connectivity index (χ3n) is 6.82. The van der Waals surface area contributed by atoms with Gasteiger partial charge in [-0.1, -0.05) is 0 Å². The number of rotatable bonds is 2. The highest BCUT2D eigenvalue weighted by Gasteiger charge is 2.47. The number of hydrogen-bond acceptors (Lipinski definition) is 16. The average Bonchev–Trinajstić information content (AvgIpc) is 3.60. The van der Waals surface area contributed by atoms with Crippen LogP contribution in [0.1, 0.15) is 30.9 Å². The molecule has 6 rings (SSSR count). The molecule has 19 nitrogen and oxygen atoms in total. The fourth-order valence-corrected chi connectivity index (χ4v) is 8.61. The maximum Gasteiger partial charge on any atom is 0.472 e. The van der Waals surface area contributed by atoms with Crippen LogP contribution in [0, 0.1) is 6.92 Å². The van der Waals surface area contributed by atoms with Crippen molar-refractivity contribution in [3.05, 3.63) is 28.6 Å². The second-order valence-electron chi connectivity index (χ2n) is 9.68. The molecule has 3 saturated heterocycles. The number of aryl methyl sites for hydroxylation is 1. The number of hydrogen-bond donors (Lipinski definition) is 3. The second-order valence-corrected chi connectivity index (χ2v) is 15.0. The first kappa shape index (κ1) is 29.4. The van der Waals surface area contributed by atoms with E-state index < -0.39 is 75.5 Å². The highest BCUT2D eigenvalue weighted by atomic mass is 32.7. The smallest absolute Gasteiger partial charge is 0.472 e. The minimum absolute atomic E-state index is 0.0578. The summed E-state index contributed by atoms with van der Waals surface area (Å²) in [6.45, 7) is -3.54. The quantitative estimate of drug-likeness (QED) is 0.294. The molecule has 3 aliphatic heterocycles. The number of phosphoric acid groups is 1. The Morgan fingerprint density at radius 3 is 2.45 bits per heavy atom. The summed E-state index contributed by atoms with van der Waals surface area (Å²) in [5.41, 5.74) is 4.86. The van der Waals surface area contributed by atoms with Crippen molar-refractivity contribution in [2.75, 3.05) is 18.1 Å². The number of nitrogen functional groups attached to an aromatic ring is 1. The largest absolute Gasteiger partial charge is 0.858 e. The van der Waals surface area contributed by atoms with Gasteiger partial charge in [0.15, 0.2) is 5.65 Å². The van der Waals surface area contributed by atoms with E-state index in [1.54, 1.807) is 0 Å². The van der Waals surface area contributed by atoms with Gasteiger partial charge in [-0.2, -0.15) is 4.98 Å². The van der Waals surface area contributed by atoms with Crippen LogP contribution in [0.2, 0.25) is 0 Å². The third kappa shape index (κ3) is 5.79. The lowest BCUT2D eigenvalue weighted by Gasteiger charge is -2.26. The van der Waals surface area contributed by atoms with Gasteiger partial charge in [-0.25, -0.2) is 28.9 Å². The number of phosphoric ester groups is 1. The number of ether oxygens (including phenoxy) is 2. The molecule has 6 heterocycles. The molecule has 228 valence electrons. The highest BCUT2D eigenvalue weighted by Crippen LogP contribution is 2.60. The van der Waals surface area contributed by atoms with Crippen LogP contribution in [-0.4, -0.2) is 75.6 Å². The van der Waals surface area contributed by atoms with Crippen molar-refractivity contribution in [1.29, 1.82) is 0 Å². The predicted molar refractivity (Wildman–Crippen MR) is 137 cm³/mol. The summed E-state index contributed by atoms with van der Waals surface area (Å²) in [5.74, 6) is -1.94. The molecule has 3 aromatic heterocycles. The monoisotopic (exact) mass is 647 g/mol. The minimum atomic E-state index is -4.78. The molecule has 42 heavy (non-hydrogen) atoms. The Labute approximate surface area is 239 Å². The number of nitrogens with zero attached hydrogens (tertiary/aromatic N) is 6. The van der Waals surface area contributed by atoms with Crippen LogP contribution in [0.25, 0.3) is 11.2 Å². The van der Waals surface area contributed by atoms with Crippen LogP contribution >= 0.6 is 26.0 Å². The molecule has 0 amide bonds. The van der Waals surface area contributed by atoms with Crippen LogP contribution in [-0.2, 0) is 32.2 Å². The van der Waals surface area contributed by atoms with E-state index in [4.69, 9.17) is 28.8 Å².